The van der Waals surface area contributed by atoms with Gasteiger partial charge in [0.1, 0.15) is 0 Å². The number of carbonyl (C=O) groups excluding carboxylic acids is 1. The van der Waals surface area contributed by atoms with Gasteiger partial charge in [-0.3, -0.25) is 9.69 Å². The number of carbonyl (C=O) groups is 1. The summed E-state index contributed by atoms with van der Waals surface area (Å²) < 4.78 is 9.93. The first-order chi connectivity index (χ1) is 6.27. The SMILES string of the molecule is CCOC(=O)C1CCN(COC)C1. The van der Waals surface area contributed by atoms with E-state index in [4.69, 9.17) is 9.47 Å². The van der Waals surface area contributed by atoms with Gasteiger partial charge in [0.15, 0.2) is 0 Å². The molecule has 0 amide bonds. The van der Waals surface area contributed by atoms with Crippen LogP contribution in [0.25, 0.3) is 0 Å². The molecule has 13 heavy (non-hydrogen) atoms. The molecule has 0 aromatic rings. The number of rotatable bonds is 4. The number of methoxy groups -OCH3 is 1. The summed E-state index contributed by atoms with van der Waals surface area (Å²) in [6, 6.07) is 0. The molecule has 1 aliphatic rings. The standard InChI is InChI=1S/C9H17NO3/c1-3-13-9(11)8-4-5-10(6-8)7-12-2/h8H,3-7H2,1-2H3. The van der Waals surface area contributed by atoms with Gasteiger partial charge in [0.05, 0.1) is 19.3 Å². The van der Waals surface area contributed by atoms with Crippen LogP contribution in [0.1, 0.15) is 13.3 Å². The zero-order valence-corrected chi connectivity index (χ0v) is 8.28. The van der Waals surface area contributed by atoms with Crippen LogP contribution in [0.4, 0.5) is 0 Å². The van der Waals surface area contributed by atoms with E-state index in [0.717, 1.165) is 19.5 Å². The van der Waals surface area contributed by atoms with Gasteiger partial charge in [0, 0.05) is 20.2 Å². The maximum absolute atomic E-state index is 11.3. The van der Waals surface area contributed by atoms with Crippen molar-refractivity contribution in [3.63, 3.8) is 0 Å². The fourth-order valence-corrected chi connectivity index (χ4v) is 1.58. The molecule has 1 heterocycles. The highest BCUT2D eigenvalue weighted by atomic mass is 16.5. The lowest BCUT2D eigenvalue weighted by Gasteiger charge is -2.13. The predicted molar refractivity (Wildman–Crippen MR) is 48.2 cm³/mol. The van der Waals surface area contributed by atoms with Crippen LogP contribution in [0.15, 0.2) is 0 Å². The predicted octanol–water partition coefficient (Wildman–Crippen LogP) is 0.475. The van der Waals surface area contributed by atoms with Gasteiger partial charge < -0.3 is 9.47 Å². The molecule has 0 aliphatic carbocycles. The van der Waals surface area contributed by atoms with Crippen molar-refractivity contribution in [2.24, 2.45) is 5.92 Å². The van der Waals surface area contributed by atoms with E-state index >= 15 is 0 Å². The van der Waals surface area contributed by atoms with Gasteiger partial charge >= 0.3 is 5.97 Å². The highest BCUT2D eigenvalue weighted by Crippen LogP contribution is 2.16. The Morgan fingerprint density at radius 3 is 3.00 bits per heavy atom. The van der Waals surface area contributed by atoms with Crippen LogP contribution in [0.3, 0.4) is 0 Å². The third-order valence-corrected chi connectivity index (χ3v) is 2.20. The van der Waals surface area contributed by atoms with Crippen LogP contribution in [0, 0.1) is 5.92 Å². The fourth-order valence-electron chi connectivity index (χ4n) is 1.58. The average Bonchev–Trinajstić information content (AvgIpc) is 2.54. The minimum Gasteiger partial charge on any atom is -0.466 e. The Kier molecular flexibility index (Phi) is 4.18. The molecule has 0 radical (unpaired) electrons. The van der Waals surface area contributed by atoms with Gasteiger partial charge in [-0.05, 0) is 13.3 Å². The molecule has 0 aromatic carbocycles. The number of likely N-dealkylation sites (tertiary alicyclic amines) is 1. The second-order valence-electron chi connectivity index (χ2n) is 3.23. The quantitative estimate of drug-likeness (QED) is 0.600. The van der Waals surface area contributed by atoms with Crippen molar-refractivity contribution in [3.8, 4) is 0 Å². The molecular weight excluding hydrogens is 170 g/mol. The van der Waals surface area contributed by atoms with E-state index in [1.165, 1.54) is 0 Å². The van der Waals surface area contributed by atoms with Gasteiger partial charge in [0.25, 0.3) is 0 Å². The van der Waals surface area contributed by atoms with Crippen molar-refractivity contribution in [2.45, 2.75) is 13.3 Å². The van der Waals surface area contributed by atoms with E-state index in [1.807, 2.05) is 6.92 Å². The molecule has 4 nitrogen and oxygen atoms in total. The summed E-state index contributed by atoms with van der Waals surface area (Å²) in [5.41, 5.74) is 0. The third-order valence-electron chi connectivity index (χ3n) is 2.20. The fraction of sp³-hybridized carbons (Fsp3) is 0.889. The van der Waals surface area contributed by atoms with Gasteiger partial charge in [-0.2, -0.15) is 0 Å². The molecule has 1 fully saturated rings. The summed E-state index contributed by atoms with van der Waals surface area (Å²) in [6.07, 6.45) is 0.891. The molecule has 0 saturated carbocycles. The first-order valence-corrected chi connectivity index (χ1v) is 4.65. The normalized spacial score (nSPS) is 23.4. The van der Waals surface area contributed by atoms with Crippen molar-refractivity contribution in [2.75, 3.05) is 33.5 Å². The second kappa shape index (κ2) is 5.19. The van der Waals surface area contributed by atoms with Crippen molar-refractivity contribution in [1.29, 1.82) is 0 Å². The van der Waals surface area contributed by atoms with Crippen LogP contribution in [-0.4, -0.2) is 44.4 Å². The summed E-state index contributed by atoms with van der Waals surface area (Å²) >= 11 is 0. The smallest absolute Gasteiger partial charge is 0.310 e. The highest BCUT2D eigenvalue weighted by Gasteiger charge is 2.28. The summed E-state index contributed by atoms with van der Waals surface area (Å²) in [7, 11) is 1.66. The van der Waals surface area contributed by atoms with Crippen LogP contribution >= 0.6 is 0 Å². The first-order valence-electron chi connectivity index (χ1n) is 4.65. The van der Waals surface area contributed by atoms with Crippen LogP contribution in [-0.2, 0) is 14.3 Å². The average molecular weight is 187 g/mol. The molecule has 76 valence electrons. The molecule has 1 unspecified atom stereocenters. The molecule has 0 spiro atoms. The van der Waals surface area contributed by atoms with Gasteiger partial charge in [0.2, 0.25) is 0 Å². The third kappa shape index (κ3) is 2.97. The summed E-state index contributed by atoms with van der Waals surface area (Å²) in [6.45, 7) is 4.61. The zero-order chi connectivity index (χ0) is 9.68. The zero-order valence-electron chi connectivity index (χ0n) is 8.28. The van der Waals surface area contributed by atoms with E-state index in [0.29, 0.717) is 13.3 Å². The van der Waals surface area contributed by atoms with Crippen LogP contribution < -0.4 is 0 Å². The lowest BCUT2D eigenvalue weighted by Crippen LogP contribution is -2.26. The highest BCUT2D eigenvalue weighted by molar-refractivity contribution is 5.73. The minimum absolute atomic E-state index is 0.0510. The van der Waals surface area contributed by atoms with Crippen LogP contribution in [0.2, 0.25) is 0 Å². The van der Waals surface area contributed by atoms with Crippen molar-refractivity contribution in [3.05, 3.63) is 0 Å². The number of nitrogens with zero attached hydrogens (tertiary/aromatic N) is 1. The summed E-state index contributed by atoms with van der Waals surface area (Å²) in [4.78, 5) is 13.4. The van der Waals surface area contributed by atoms with Crippen molar-refractivity contribution >= 4 is 5.97 Å². The van der Waals surface area contributed by atoms with E-state index in [2.05, 4.69) is 4.90 Å². The molecule has 1 atom stereocenters. The lowest BCUT2D eigenvalue weighted by molar-refractivity contribution is -0.147. The topological polar surface area (TPSA) is 38.8 Å². The van der Waals surface area contributed by atoms with E-state index in [-0.39, 0.29) is 11.9 Å². The molecule has 1 aliphatic heterocycles. The minimum atomic E-state index is -0.0684. The molecule has 0 aromatic heterocycles. The van der Waals surface area contributed by atoms with Gasteiger partial charge in [-0.25, -0.2) is 0 Å². The molecule has 4 heteroatoms. The number of esters is 1. The Morgan fingerprint density at radius 1 is 1.62 bits per heavy atom. The van der Waals surface area contributed by atoms with Crippen molar-refractivity contribution in [1.82, 2.24) is 4.90 Å². The van der Waals surface area contributed by atoms with E-state index < -0.39 is 0 Å². The Bertz CT molecular complexity index is 172. The molecule has 1 rings (SSSR count). The lowest BCUT2D eigenvalue weighted by atomic mass is 10.1. The molecule has 0 N–H and O–H groups in total. The number of ether oxygens (including phenoxy) is 2. The van der Waals surface area contributed by atoms with Gasteiger partial charge in [-0.15, -0.1) is 0 Å². The number of hydrogen-bond acceptors (Lipinski definition) is 4. The first kappa shape index (κ1) is 10.5. The Morgan fingerprint density at radius 2 is 2.38 bits per heavy atom. The summed E-state index contributed by atoms with van der Waals surface area (Å²) in [5, 5.41) is 0. The molecular formula is C9H17NO3. The summed E-state index contributed by atoms with van der Waals surface area (Å²) in [5.74, 6) is -0.0174. The Labute approximate surface area is 78.8 Å². The maximum atomic E-state index is 11.3. The Hall–Kier alpha value is -0.610. The molecule has 1 saturated heterocycles. The van der Waals surface area contributed by atoms with E-state index in [1.54, 1.807) is 7.11 Å². The Balaban J connectivity index is 2.27. The van der Waals surface area contributed by atoms with Gasteiger partial charge in [-0.1, -0.05) is 0 Å². The molecule has 0 bridgehead atoms. The largest absolute Gasteiger partial charge is 0.466 e. The van der Waals surface area contributed by atoms with Crippen molar-refractivity contribution < 1.29 is 14.3 Å². The van der Waals surface area contributed by atoms with Crippen LogP contribution in [0.5, 0.6) is 0 Å². The second-order valence-corrected chi connectivity index (χ2v) is 3.23. The number of hydrogen-bond donors (Lipinski definition) is 0. The maximum Gasteiger partial charge on any atom is 0.310 e. The monoisotopic (exact) mass is 187 g/mol. The van der Waals surface area contributed by atoms with E-state index in [9.17, 15) is 4.79 Å².